The Morgan fingerprint density at radius 2 is 1.90 bits per heavy atom. The third kappa shape index (κ3) is 5.72. The molecule has 7 nitrogen and oxygen atoms in total. The fraction of sp³-hybridized carbons (Fsp3) is 0.324. The highest BCUT2D eigenvalue weighted by molar-refractivity contribution is 6.17. The topological polar surface area (TPSA) is 91.7 Å². The van der Waals surface area contributed by atoms with Gasteiger partial charge in [-0.2, -0.15) is 0 Å². The van der Waals surface area contributed by atoms with E-state index in [1.165, 1.54) is 25.7 Å². The Kier molecular flexibility index (Phi) is 8.42. The van der Waals surface area contributed by atoms with E-state index in [1.807, 2.05) is 56.5 Å². The zero-order chi connectivity index (χ0) is 28.9. The summed E-state index contributed by atoms with van der Waals surface area (Å²) >= 11 is 0. The molecule has 4 aromatic heterocycles. The van der Waals surface area contributed by atoms with Crippen LogP contribution in [0.5, 0.6) is 0 Å². The molecule has 0 radical (unpaired) electrons. The molecule has 0 unspecified atom stereocenters. The molecule has 0 amide bonds. The number of pyridine rings is 3. The van der Waals surface area contributed by atoms with Gasteiger partial charge in [-0.05, 0) is 81.0 Å². The zero-order valence-electron chi connectivity index (χ0n) is 24.2. The fourth-order valence-corrected chi connectivity index (χ4v) is 6.06. The molecule has 0 bridgehead atoms. The third-order valence-corrected chi connectivity index (χ3v) is 8.22. The summed E-state index contributed by atoms with van der Waals surface area (Å²) in [7, 11) is 0. The molecule has 5 heterocycles. The number of aliphatic imine (C=N–C) groups is 1. The number of rotatable bonds is 8. The molecule has 0 saturated heterocycles. The third-order valence-electron chi connectivity index (χ3n) is 8.22. The van der Waals surface area contributed by atoms with Crippen LogP contribution in [0.15, 0.2) is 89.4 Å². The molecule has 42 heavy (non-hydrogen) atoms. The van der Waals surface area contributed by atoms with Gasteiger partial charge in [-0.1, -0.05) is 25.0 Å². The predicted octanol–water partition coefficient (Wildman–Crippen LogP) is 7.16. The van der Waals surface area contributed by atoms with Crippen molar-refractivity contribution in [2.24, 2.45) is 10.9 Å². The Labute approximate surface area is 245 Å². The van der Waals surface area contributed by atoms with Crippen LogP contribution in [-0.2, 0) is 6.54 Å². The minimum absolute atomic E-state index is 0.324. The maximum Gasteiger partial charge on any atom is 0.157 e. The van der Waals surface area contributed by atoms with Crippen molar-refractivity contribution in [2.75, 3.05) is 13.1 Å². The summed E-state index contributed by atoms with van der Waals surface area (Å²) in [6, 6.07) is 7.72. The largest absolute Gasteiger partial charge is 0.337 e. The molecule has 4 aromatic rings. The van der Waals surface area contributed by atoms with Crippen LogP contribution < -0.4 is 5.32 Å². The van der Waals surface area contributed by atoms with Crippen LogP contribution in [0.4, 0.5) is 4.39 Å². The first-order chi connectivity index (χ1) is 20.7. The molecule has 8 heteroatoms. The van der Waals surface area contributed by atoms with E-state index in [0.717, 1.165) is 45.9 Å². The Morgan fingerprint density at radius 3 is 2.69 bits per heavy atom. The van der Waals surface area contributed by atoms with Gasteiger partial charge >= 0.3 is 0 Å². The number of halogens is 1. The highest BCUT2D eigenvalue weighted by Gasteiger charge is 2.27. The quantitative estimate of drug-likeness (QED) is 0.238. The zero-order valence-corrected chi connectivity index (χ0v) is 24.2. The lowest BCUT2D eigenvalue weighted by Crippen LogP contribution is -2.20. The van der Waals surface area contributed by atoms with E-state index in [0.29, 0.717) is 47.7 Å². The molecular weight excluding hydrogens is 525 g/mol. The minimum atomic E-state index is -0.324. The Hall–Kier alpha value is -4.30. The Morgan fingerprint density at radius 1 is 1.07 bits per heavy atom. The van der Waals surface area contributed by atoms with E-state index in [1.54, 1.807) is 24.8 Å². The molecular formula is C34H36FN7. The number of hydrogen-bond donors (Lipinski definition) is 2. The average Bonchev–Trinajstić information content (AvgIpc) is 3.72. The van der Waals surface area contributed by atoms with Crippen molar-refractivity contribution in [3.8, 4) is 11.3 Å². The van der Waals surface area contributed by atoms with Gasteiger partial charge in [0.1, 0.15) is 17.1 Å². The van der Waals surface area contributed by atoms with Crippen LogP contribution in [0, 0.1) is 5.92 Å². The second kappa shape index (κ2) is 12.7. The molecule has 0 aromatic carbocycles. The summed E-state index contributed by atoms with van der Waals surface area (Å²) in [5.74, 6) is 0.957. The lowest BCUT2D eigenvalue weighted by molar-refractivity contribution is 0.489. The number of imidazole rings is 1. The highest BCUT2D eigenvalue weighted by atomic mass is 19.1. The summed E-state index contributed by atoms with van der Waals surface area (Å²) in [5.41, 5.74) is 7.37. The van der Waals surface area contributed by atoms with Gasteiger partial charge < -0.3 is 10.3 Å². The lowest BCUT2D eigenvalue weighted by atomic mass is 9.90. The van der Waals surface area contributed by atoms with Gasteiger partial charge in [0.05, 0.1) is 11.2 Å². The number of nitrogens with one attached hydrogen (secondary N) is 2. The van der Waals surface area contributed by atoms with Gasteiger partial charge in [-0.3, -0.25) is 19.9 Å². The molecule has 1 saturated carbocycles. The number of nitrogens with zero attached hydrogens (tertiary/aromatic N) is 5. The summed E-state index contributed by atoms with van der Waals surface area (Å²) in [4.78, 5) is 26.3. The molecule has 214 valence electrons. The van der Waals surface area contributed by atoms with Crippen molar-refractivity contribution in [1.29, 1.82) is 0 Å². The lowest BCUT2D eigenvalue weighted by Gasteiger charge is -2.20. The molecule has 1 aliphatic carbocycles. The van der Waals surface area contributed by atoms with Crippen LogP contribution in [-0.4, -0.2) is 43.7 Å². The van der Waals surface area contributed by atoms with E-state index >= 15 is 4.39 Å². The van der Waals surface area contributed by atoms with Crippen molar-refractivity contribution >= 4 is 22.3 Å². The first kappa shape index (κ1) is 27.8. The summed E-state index contributed by atoms with van der Waals surface area (Å²) in [6.45, 7) is 6.10. The number of hydrogen-bond acceptors (Lipinski definition) is 6. The van der Waals surface area contributed by atoms with E-state index in [-0.39, 0.29) is 5.83 Å². The van der Waals surface area contributed by atoms with Crippen molar-refractivity contribution in [3.63, 3.8) is 0 Å². The maximum atomic E-state index is 16.8. The van der Waals surface area contributed by atoms with Crippen LogP contribution >= 0.6 is 0 Å². The molecule has 2 aliphatic rings. The van der Waals surface area contributed by atoms with Crippen molar-refractivity contribution in [2.45, 2.75) is 52.5 Å². The number of allylic oxidation sites excluding steroid dienone is 5. The monoisotopic (exact) mass is 561 g/mol. The molecule has 2 N–H and O–H groups in total. The minimum Gasteiger partial charge on any atom is -0.337 e. The van der Waals surface area contributed by atoms with Gasteiger partial charge in [0, 0.05) is 66.3 Å². The van der Waals surface area contributed by atoms with Gasteiger partial charge in [0.15, 0.2) is 5.82 Å². The van der Waals surface area contributed by atoms with E-state index in [2.05, 4.69) is 25.3 Å². The predicted molar refractivity (Wildman–Crippen MR) is 167 cm³/mol. The van der Waals surface area contributed by atoms with Crippen LogP contribution in [0.25, 0.3) is 27.9 Å². The van der Waals surface area contributed by atoms with Gasteiger partial charge in [0.25, 0.3) is 0 Å². The molecule has 0 spiro atoms. The fourth-order valence-electron chi connectivity index (χ4n) is 6.06. The first-order valence-electron chi connectivity index (χ1n) is 14.8. The Balaban J connectivity index is 1.35. The van der Waals surface area contributed by atoms with Crippen molar-refractivity contribution in [1.82, 2.24) is 30.2 Å². The van der Waals surface area contributed by atoms with Crippen LogP contribution in [0.1, 0.15) is 62.9 Å². The second-order valence-electron chi connectivity index (χ2n) is 10.9. The summed E-state index contributed by atoms with van der Waals surface area (Å²) < 4.78 is 16.8. The number of fused-ring (bicyclic) bond motifs is 1. The van der Waals surface area contributed by atoms with E-state index in [4.69, 9.17) is 9.98 Å². The molecule has 1 fully saturated rings. The highest BCUT2D eigenvalue weighted by Crippen LogP contribution is 2.36. The van der Waals surface area contributed by atoms with E-state index in [9.17, 15) is 0 Å². The van der Waals surface area contributed by atoms with Crippen LogP contribution in [0.3, 0.4) is 0 Å². The van der Waals surface area contributed by atoms with Crippen LogP contribution in [0.2, 0.25) is 0 Å². The second-order valence-corrected chi connectivity index (χ2v) is 10.9. The summed E-state index contributed by atoms with van der Waals surface area (Å²) in [5, 5.41) is 3.58. The van der Waals surface area contributed by atoms with Crippen molar-refractivity contribution < 1.29 is 4.39 Å². The normalized spacial score (nSPS) is 18.6. The standard InChI is InChI=1S/C34H36FN7/c1-3-24-11-15-40-33(34-41-28-12-16-39-31(32(28)42-34)25-9-13-36-14-10-25)29(24)30(35)27(4-2)26-17-23(20-38-21-26)19-37-18-22-7-5-6-8-22/h3-4,9-10,12-14,16-17,20-22,37H,5-8,11,15,18-19H2,1-2H3,(H,41,42)/b24-3-,27-4+,30-29-. The molecule has 1 aliphatic heterocycles. The number of aromatic nitrogens is 5. The van der Waals surface area contributed by atoms with Gasteiger partial charge in [-0.25, -0.2) is 9.37 Å². The van der Waals surface area contributed by atoms with Crippen molar-refractivity contribution in [3.05, 3.63) is 101 Å². The first-order valence-corrected chi connectivity index (χ1v) is 14.8. The SMILES string of the molecule is C/C=C1/CCN=C(c2nc3c(-c4ccncc4)nccc3[nH]2)/C1=C(F)/C(=C/C)c1cncc(CNCC2CCCC2)c1. The van der Waals surface area contributed by atoms with Gasteiger partial charge in [0.2, 0.25) is 0 Å². The molecule has 6 rings (SSSR count). The Bertz CT molecular complexity index is 1690. The number of H-pyrrole nitrogens is 1. The smallest absolute Gasteiger partial charge is 0.157 e. The summed E-state index contributed by atoms with van der Waals surface area (Å²) in [6.07, 6.45) is 18.5. The average molecular weight is 562 g/mol. The maximum absolute atomic E-state index is 16.8. The number of aromatic amines is 1. The van der Waals surface area contributed by atoms with E-state index < -0.39 is 0 Å². The molecule has 0 atom stereocenters. The van der Waals surface area contributed by atoms with Gasteiger partial charge in [-0.15, -0.1) is 0 Å².